The van der Waals surface area contributed by atoms with E-state index in [2.05, 4.69) is 10.1 Å². The molecule has 7 nitrogen and oxygen atoms in total. The van der Waals surface area contributed by atoms with Crippen molar-refractivity contribution in [3.05, 3.63) is 30.6 Å². The number of primary amides is 1. The quantitative estimate of drug-likeness (QED) is 0.750. The van der Waals surface area contributed by atoms with Crippen LogP contribution in [0.3, 0.4) is 0 Å². The standard InChI is InChI=1S/C12H14N4O3/c13-11(18)7-19-10-3-1-2-9(6-10)12-14-8-15-16(12)4-5-17/h1-3,6,8,17H,4-5,7H2,(H2,13,18). The summed E-state index contributed by atoms with van der Waals surface area (Å²) in [6.07, 6.45) is 1.42. The van der Waals surface area contributed by atoms with Gasteiger partial charge in [0.25, 0.3) is 5.91 Å². The smallest absolute Gasteiger partial charge is 0.255 e. The van der Waals surface area contributed by atoms with Crippen LogP contribution in [0.25, 0.3) is 11.4 Å². The molecule has 7 heteroatoms. The lowest BCUT2D eigenvalue weighted by atomic mass is 10.2. The van der Waals surface area contributed by atoms with Crippen molar-refractivity contribution in [1.29, 1.82) is 0 Å². The Bertz CT molecular complexity index is 568. The molecule has 0 aliphatic carbocycles. The highest BCUT2D eigenvalue weighted by Crippen LogP contribution is 2.21. The van der Waals surface area contributed by atoms with Crippen LogP contribution in [-0.4, -0.2) is 39.0 Å². The third-order valence-corrected chi connectivity index (χ3v) is 2.40. The first-order valence-corrected chi connectivity index (χ1v) is 5.71. The summed E-state index contributed by atoms with van der Waals surface area (Å²) in [5.74, 6) is 0.613. The van der Waals surface area contributed by atoms with Crippen LogP contribution in [-0.2, 0) is 11.3 Å². The Morgan fingerprint density at radius 1 is 1.47 bits per heavy atom. The fourth-order valence-corrected chi connectivity index (χ4v) is 1.63. The topological polar surface area (TPSA) is 103 Å². The van der Waals surface area contributed by atoms with E-state index in [1.807, 2.05) is 6.07 Å². The summed E-state index contributed by atoms with van der Waals surface area (Å²) in [7, 11) is 0. The van der Waals surface area contributed by atoms with Gasteiger partial charge < -0.3 is 15.6 Å². The lowest BCUT2D eigenvalue weighted by Crippen LogP contribution is -2.20. The number of aliphatic hydroxyl groups is 1. The van der Waals surface area contributed by atoms with E-state index >= 15 is 0 Å². The van der Waals surface area contributed by atoms with Crippen molar-refractivity contribution >= 4 is 5.91 Å². The predicted molar refractivity (Wildman–Crippen MR) is 67.2 cm³/mol. The zero-order valence-electron chi connectivity index (χ0n) is 10.2. The maximum Gasteiger partial charge on any atom is 0.255 e. The first-order chi connectivity index (χ1) is 9.20. The summed E-state index contributed by atoms with van der Waals surface area (Å²) >= 11 is 0. The summed E-state index contributed by atoms with van der Waals surface area (Å²) in [6.45, 7) is 0.169. The molecule has 1 amide bonds. The molecule has 2 rings (SSSR count). The highest BCUT2D eigenvalue weighted by atomic mass is 16.5. The molecule has 19 heavy (non-hydrogen) atoms. The Balaban J connectivity index is 2.22. The van der Waals surface area contributed by atoms with Crippen molar-refractivity contribution in [3.63, 3.8) is 0 Å². The Labute approximate surface area is 109 Å². The number of benzene rings is 1. The Hall–Kier alpha value is -2.41. The summed E-state index contributed by atoms with van der Waals surface area (Å²) in [5, 5.41) is 13.0. The van der Waals surface area contributed by atoms with E-state index in [1.54, 1.807) is 22.9 Å². The number of nitrogens with zero attached hydrogens (tertiary/aromatic N) is 3. The normalized spacial score (nSPS) is 10.4. The molecule has 100 valence electrons. The van der Waals surface area contributed by atoms with E-state index < -0.39 is 5.91 Å². The maximum atomic E-state index is 10.7. The highest BCUT2D eigenvalue weighted by Gasteiger charge is 2.08. The van der Waals surface area contributed by atoms with Crippen LogP contribution in [0.5, 0.6) is 5.75 Å². The van der Waals surface area contributed by atoms with Crippen LogP contribution in [0, 0.1) is 0 Å². The molecule has 0 unspecified atom stereocenters. The Morgan fingerprint density at radius 2 is 2.32 bits per heavy atom. The lowest BCUT2D eigenvalue weighted by Gasteiger charge is -2.07. The Kier molecular flexibility index (Phi) is 4.09. The van der Waals surface area contributed by atoms with Gasteiger partial charge in [0.05, 0.1) is 13.2 Å². The number of carbonyl (C=O) groups is 1. The van der Waals surface area contributed by atoms with Crippen molar-refractivity contribution in [3.8, 4) is 17.1 Å². The second-order valence-corrected chi connectivity index (χ2v) is 3.81. The maximum absolute atomic E-state index is 10.7. The van der Waals surface area contributed by atoms with E-state index in [0.717, 1.165) is 5.56 Å². The SMILES string of the molecule is NC(=O)COc1cccc(-c2ncnn2CCO)c1. The molecule has 1 aromatic carbocycles. The monoisotopic (exact) mass is 262 g/mol. The number of aromatic nitrogens is 3. The van der Waals surface area contributed by atoms with Gasteiger partial charge in [-0.1, -0.05) is 12.1 Å². The van der Waals surface area contributed by atoms with Gasteiger partial charge >= 0.3 is 0 Å². The van der Waals surface area contributed by atoms with Crippen LogP contribution < -0.4 is 10.5 Å². The molecule has 0 saturated heterocycles. The summed E-state index contributed by atoms with van der Waals surface area (Å²) in [6, 6.07) is 7.08. The van der Waals surface area contributed by atoms with Crippen molar-refractivity contribution in [2.45, 2.75) is 6.54 Å². The molecular weight excluding hydrogens is 248 g/mol. The first kappa shape index (κ1) is 13.0. The predicted octanol–water partition coefficient (Wildman–Crippen LogP) is -0.199. The number of hydrogen-bond donors (Lipinski definition) is 2. The minimum absolute atomic E-state index is 0.0196. The van der Waals surface area contributed by atoms with Gasteiger partial charge in [-0.2, -0.15) is 5.10 Å². The lowest BCUT2D eigenvalue weighted by molar-refractivity contribution is -0.119. The van der Waals surface area contributed by atoms with Crippen LogP contribution >= 0.6 is 0 Å². The number of hydrogen-bond acceptors (Lipinski definition) is 5. The number of carbonyl (C=O) groups excluding carboxylic acids is 1. The zero-order chi connectivity index (χ0) is 13.7. The molecule has 2 aromatic rings. The molecule has 0 radical (unpaired) electrons. The van der Waals surface area contributed by atoms with E-state index in [4.69, 9.17) is 15.6 Å². The summed E-state index contributed by atoms with van der Waals surface area (Å²) < 4.78 is 6.82. The van der Waals surface area contributed by atoms with Gasteiger partial charge in [-0.15, -0.1) is 0 Å². The van der Waals surface area contributed by atoms with Gasteiger partial charge in [-0.25, -0.2) is 9.67 Å². The molecule has 1 heterocycles. The van der Waals surface area contributed by atoms with Gasteiger partial charge in [0.1, 0.15) is 12.1 Å². The molecule has 0 spiro atoms. The largest absolute Gasteiger partial charge is 0.484 e. The van der Waals surface area contributed by atoms with Crippen molar-refractivity contribution in [2.24, 2.45) is 5.73 Å². The molecule has 0 atom stereocenters. The third kappa shape index (κ3) is 3.29. The van der Waals surface area contributed by atoms with Gasteiger partial charge in [0.15, 0.2) is 12.4 Å². The van der Waals surface area contributed by atoms with Crippen molar-refractivity contribution in [2.75, 3.05) is 13.2 Å². The Morgan fingerprint density at radius 3 is 3.05 bits per heavy atom. The van der Waals surface area contributed by atoms with Crippen LogP contribution in [0.4, 0.5) is 0 Å². The van der Waals surface area contributed by atoms with Gasteiger partial charge in [0.2, 0.25) is 0 Å². The molecule has 1 aromatic heterocycles. The minimum atomic E-state index is -0.533. The van der Waals surface area contributed by atoms with E-state index in [1.165, 1.54) is 6.33 Å². The van der Waals surface area contributed by atoms with Crippen LogP contribution in [0.2, 0.25) is 0 Å². The fourth-order valence-electron chi connectivity index (χ4n) is 1.63. The molecule has 0 fully saturated rings. The average molecular weight is 262 g/mol. The number of amides is 1. The fraction of sp³-hybridized carbons (Fsp3) is 0.250. The molecular formula is C12H14N4O3. The second-order valence-electron chi connectivity index (χ2n) is 3.81. The van der Waals surface area contributed by atoms with Gasteiger partial charge in [0, 0.05) is 5.56 Å². The molecule has 0 bridgehead atoms. The summed E-state index contributed by atoms with van der Waals surface area (Å²) in [5.41, 5.74) is 5.80. The molecule has 0 aliphatic rings. The van der Waals surface area contributed by atoms with Crippen LogP contribution in [0.1, 0.15) is 0 Å². The zero-order valence-corrected chi connectivity index (χ0v) is 10.2. The molecule has 0 saturated carbocycles. The molecule has 3 N–H and O–H groups in total. The van der Waals surface area contributed by atoms with E-state index in [0.29, 0.717) is 18.1 Å². The molecule has 0 aliphatic heterocycles. The first-order valence-electron chi connectivity index (χ1n) is 5.71. The number of ether oxygens (including phenoxy) is 1. The average Bonchev–Trinajstić information content (AvgIpc) is 2.85. The van der Waals surface area contributed by atoms with Crippen LogP contribution in [0.15, 0.2) is 30.6 Å². The van der Waals surface area contributed by atoms with Crippen molar-refractivity contribution < 1.29 is 14.6 Å². The highest BCUT2D eigenvalue weighted by molar-refractivity contribution is 5.75. The van der Waals surface area contributed by atoms with Gasteiger partial charge in [-0.3, -0.25) is 4.79 Å². The summed E-state index contributed by atoms with van der Waals surface area (Å²) in [4.78, 5) is 14.8. The number of nitrogens with two attached hydrogens (primary N) is 1. The third-order valence-electron chi connectivity index (χ3n) is 2.40. The number of rotatable bonds is 6. The minimum Gasteiger partial charge on any atom is -0.484 e. The van der Waals surface area contributed by atoms with E-state index in [-0.39, 0.29) is 13.2 Å². The second kappa shape index (κ2) is 5.96. The van der Waals surface area contributed by atoms with Crippen molar-refractivity contribution in [1.82, 2.24) is 14.8 Å². The number of aliphatic hydroxyl groups excluding tert-OH is 1. The van der Waals surface area contributed by atoms with E-state index in [9.17, 15) is 4.79 Å². The van der Waals surface area contributed by atoms with Gasteiger partial charge in [-0.05, 0) is 12.1 Å².